The Morgan fingerprint density at radius 3 is 2.44 bits per heavy atom. The Hall–Kier alpha value is -2.81. The van der Waals surface area contributed by atoms with Crippen LogP contribution in [0, 0.1) is 21.8 Å². The van der Waals surface area contributed by atoms with Crippen molar-refractivity contribution in [2.75, 3.05) is 5.32 Å². The van der Waals surface area contributed by atoms with Crippen LogP contribution in [-0.4, -0.2) is 22.8 Å². The molecule has 0 aliphatic heterocycles. The van der Waals surface area contributed by atoms with Gasteiger partial charge in [-0.25, -0.2) is 0 Å². The monoisotopic (exact) mass is 437 g/mol. The molecule has 2 N–H and O–H groups in total. The number of benzene rings is 2. The van der Waals surface area contributed by atoms with Crippen LogP contribution in [0.25, 0.3) is 0 Å². The smallest absolute Gasteiger partial charge is 0.306 e. The standard InChI is InChI=1S/C18H17BrFN3O4/c1-10(2)16(22-17(24)12-5-3-4-6-13(12)19)18(25)21-11-7-8-14(20)15(9-11)23(26)27/h3-10,16H,1-2H3,(H,21,25)(H,22,24)/t16-/m0/s1. The van der Waals surface area contributed by atoms with E-state index < -0.39 is 34.3 Å². The maximum absolute atomic E-state index is 13.4. The van der Waals surface area contributed by atoms with E-state index >= 15 is 0 Å². The molecule has 0 bridgehead atoms. The molecule has 0 unspecified atom stereocenters. The molecule has 2 rings (SSSR count). The van der Waals surface area contributed by atoms with Crippen LogP contribution < -0.4 is 10.6 Å². The molecule has 2 aromatic carbocycles. The van der Waals surface area contributed by atoms with E-state index in [0.29, 0.717) is 10.0 Å². The van der Waals surface area contributed by atoms with Crippen LogP contribution >= 0.6 is 15.9 Å². The molecule has 2 aromatic rings. The molecular formula is C18H17BrFN3O4. The quantitative estimate of drug-likeness (QED) is 0.528. The Kier molecular flexibility index (Phi) is 6.62. The van der Waals surface area contributed by atoms with E-state index in [0.717, 1.165) is 12.1 Å². The van der Waals surface area contributed by atoms with Gasteiger partial charge in [0.15, 0.2) is 0 Å². The molecule has 142 valence electrons. The van der Waals surface area contributed by atoms with Crippen molar-refractivity contribution in [1.82, 2.24) is 5.32 Å². The molecule has 0 spiro atoms. The maximum Gasteiger partial charge on any atom is 0.306 e. The van der Waals surface area contributed by atoms with Crippen molar-refractivity contribution < 1.29 is 18.9 Å². The molecule has 9 heteroatoms. The summed E-state index contributed by atoms with van der Waals surface area (Å²) in [7, 11) is 0. The zero-order chi connectivity index (χ0) is 20.1. The predicted molar refractivity (Wildman–Crippen MR) is 102 cm³/mol. The molecule has 0 aliphatic rings. The molecule has 7 nitrogen and oxygen atoms in total. The molecule has 27 heavy (non-hydrogen) atoms. The fraction of sp³-hybridized carbons (Fsp3) is 0.222. The first kappa shape index (κ1) is 20.5. The van der Waals surface area contributed by atoms with Gasteiger partial charge in [0.25, 0.3) is 5.91 Å². The highest BCUT2D eigenvalue weighted by atomic mass is 79.9. The summed E-state index contributed by atoms with van der Waals surface area (Å²) in [5, 5.41) is 16.0. The van der Waals surface area contributed by atoms with Gasteiger partial charge in [-0.2, -0.15) is 4.39 Å². The van der Waals surface area contributed by atoms with Gasteiger partial charge in [-0.1, -0.05) is 26.0 Å². The third kappa shape index (κ3) is 5.10. The lowest BCUT2D eigenvalue weighted by Crippen LogP contribution is -2.47. The topological polar surface area (TPSA) is 101 Å². The van der Waals surface area contributed by atoms with E-state index in [-0.39, 0.29) is 11.6 Å². The lowest BCUT2D eigenvalue weighted by atomic mass is 10.0. The van der Waals surface area contributed by atoms with E-state index in [9.17, 15) is 24.1 Å². The Bertz CT molecular complexity index is 889. The molecule has 2 amide bonds. The van der Waals surface area contributed by atoms with E-state index in [4.69, 9.17) is 0 Å². The fourth-order valence-corrected chi connectivity index (χ4v) is 2.81. The van der Waals surface area contributed by atoms with Gasteiger partial charge in [0.2, 0.25) is 11.7 Å². The Morgan fingerprint density at radius 1 is 1.19 bits per heavy atom. The second-order valence-corrected chi connectivity index (χ2v) is 6.94. The second-order valence-electron chi connectivity index (χ2n) is 6.09. The Balaban J connectivity index is 2.18. The van der Waals surface area contributed by atoms with Crippen molar-refractivity contribution in [3.63, 3.8) is 0 Å². The van der Waals surface area contributed by atoms with Gasteiger partial charge in [0.1, 0.15) is 6.04 Å². The van der Waals surface area contributed by atoms with Crippen LogP contribution in [0.5, 0.6) is 0 Å². The number of nitrogens with zero attached hydrogens (tertiary/aromatic N) is 1. The number of hydrogen-bond acceptors (Lipinski definition) is 4. The van der Waals surface area contributed by atoms with Crippen molar-refractivity contribution >= 4 is 39.1 Å². The first-order valence-electron chi connectivity index (χ1n) is 8.01. The van der Waals surface area contributed by atoms with Gasteiger partial charge in [0.05, 0.1) is 10.5 Å². The molecule has 0 radical (unpaired) electrons. The third-order valence-electron chi connectivity index (χ3n) is 3.76. The normalized spacial score (nSPS) is 11.7. The first-order valence-corrected chi connectivity index (χ1v) is 8.80. The number of amides is 2. The lowest BCUT2D eigenvalue weighted by molar-refractivity contribution is -0.387. The van der Waals surface area contributed by atoms with Crippen molar-refractivity contribution in [2.45, 2.75) is 19.9 Å². The number of nitro groups is 1. The summed E-state index contributed by atoms with van der Waals surface area (Å²) in [6, 6.07) is 8.92. The number of carbonyl (C=O) groups is 2. The summed E-state index contributed by atoms with van der Waals surface area (Å²) in [6.45, 7) is 3.50. The van der Waals surface area contributed by atoms with Gasteiger partial charge >= 0.3 is 5.69 Å². The molecule has 1 atom stereocenters. The van der Waals surface area contributed by atoms with Crippen molar-refractivity contribution in [1.29, 1.82) is 0 Å². The summed E-state index contributed by atoms with van der Waals surface area (Å²) >= 11 is 3.28. The fourth-order valence-electron chi connectivity index (χ4n) is 2.35. The van der Waals surface area contributed by atoms with Gasteiger partial charge in [0, 0.05) is 16.2 Å². The number of anilines is 1. The van der Waals surface area contributed by atoms with E-state index in [1.807, 2.05) is 0 Å². The minimum absolute atomic E-state index is 0.0638. The summed E-state index contributed by atoms with van der Waals surface area (Å²) < 4.78 is 14.0. The minimum Gasteiger partial charge on any atom is -0.340 e. The van der Waals surface area contributed by atoms with Gasteiger partial charge in [-0.15, -0.1) is 0 Å². The predicted octanol–water partition coefficient (Wildman–Crippen LogP) is 3.89. The van der Waals surface area contributed by atoms with E-state index in [2.05, 4.69) is 26.6 Å². The number of hydrogen-bond donors (Lipinski definition) is 2. The van der Waals surface area contributed by atoms with Crippen LogP contribution in [0.15, 0.2) is 46.9 Å². The highest BCUT2D eigenvalue weighted by Gasteiger charge is 2.26. The van der Waals surface area contributed by atoms with Crippen LogP contribution in [0.4, 0.5) is 15.8 Å². The third-order valence-corrected chi connectivity index (χ3v) is 4.46. The lowest BCUT2D eigenvalue weighted by Gasteiger charge is -2.22. The van der Waals surface area contributed by atoms with Crippen LogP contribution in [0.2, 0.25) is 0 Å². The number of rotatable bonds is 6. The van der Waals surface area contributed by atoms with Crippen molar-refractivity contribution in [3.05, 3.63) is 68.4 Å². The molecule has 0 heterocycles. The number of nitrogens with one attached hydrogen (secondary N) is 2. The van der Waals surface area contributed by atoms with Crippen LogP contribution in [-0.2, 0) is 4.79 Å². The number of halogens is 2. The SMILES string of the molecule is CC(C)[C@H](NC(=O)c1ccccc1Br)C(=O)Nc1ccc(F)c([N+](=O)[O-])c1. The van der Waals surface area contributed by atoms with Crippen LogP contribution in [0.3, 0.4) is 0 Å². The summed E-state index contributed by atoms with van der Waals surface area (Å²) in [6.07, 6.45) is 0. The Morgan fingerprint density at radius 2 is 1.85 bits per heavy atom. The zero-order valence-corrected chi connectivity index (χ0v) is 16.1. The molecule has 0 saturated heterocycles. The average molecular weight is 438 g/mol. The number of carbonyl (C=O) groups excluding carboxylic acids is 2. The van der Waals surface area contributed by atoms with Crippen LogP contribution in [0.1, 0.15) is 24.2 Å². The summed E-state index contributed by atoms with van der Waals surface area (Å²) in [5.74, 6) is -2.26. The maximum atomic E-state index is 13.4. The van der Waals surface area contributed by atoms with Gasteiger partial charge < -0.3 is 10.6 Å². The highest BCUT2D eigenvalue weighted by molar-refractivity contribution is 9.10. The van der Waals surface area contributed by atoms with Crippen molar-refractivity contribution in [3.8, 4) is 0 Å². The molecule has 0 aromatic heterocycles. The summed E-state index contributed by atoms with van der Waals surface area (Å²) in [5.41, 5.74) is -0.312. The molecular weight excluding hydrogens is 421 g/mol. The molecule has 0 saturated carbocycles. The summed E-state index contributed by atoms with van der Waals surface area (Å²) in [4.78, 5) is 35.0. The Labute approximate surface area is 163 Å². The average Bonchev–Trinajstić information content (AvgIpc) is 2.60. The highest BCUT2D eigenvalue weighted by Crippen LogP contribution is 2.22. The first-order chi connectivity index (χ1) is 12.7. The molecule has 0 fully saturated rings. The van der Waals surface area contributed by atoms with E-state index in [1.165, 1.54) is 6.07 Å². The molecule has 0 aliphatic carbocycles. The minimum atomic E-state index is -0.999. The largest absolute Gasteiger partial charge is 0.340 e. The van der Waals surface area contributed by atoms with E-state index in [1.54, 1.807) is 38.1 Å². The van der Waals surface area contributed by atoms with Gasteiger partial charge in [-0.05, 0) is 46.1 Å². The zero-order valence-electron chi connectivity index (χ0n) is 14.5. The van der Waals surface area contributed by atoms with Gasteiger partial charge in [-0.3, -0.25) is 19.7 Å². The second kappa shape index (κ2) is 8.72. The number of nitro benzene ring substituents is 1. The van der Waals surface area contributed by atoms with Crippen molar-refractivity contribution in [2.24, 2.45) is 5.92 Å².